The van der Waals surface area contributed by atoms with Crippen LogP contribution in [0, 0.1) is 5.92 Å². The van der Waals surface area contributed by atoms with E-state index < -0.39 is 17.4 Å². The molecule has 0 aliphatic heterocycles. The number of rotatable bonds is 14. The maximum atomic E-state index is 12.1. The Kier molecular flexibility index (Phi) is 9.28. The van der Waals surface area contributed by atoms with E-state index in [0.717, 1.165) is 48.2 Å². The van der Waals surface area contributed by atoms with Gasteiger partial charge in [0, 0.05) is 19.2 Å². The van der Waals surface area contributed by atoms with Gasteiger partial charge in [-0.1, -0.05) is 104 Å². The molecule has 192 valence electrons. The van der Waals surface area contributed by atoms with Gasteiger partial charge < -0.3 is 9.67 Å². The van der Waals surface area contributed by atoms with Crippen molar-refractivity contribution in [3.63, 3.8) is 0 Å². The summed E-state index contributed by atoms with van der Waals surface area (Å²) in [7, 11) is 0. The molecule has 0 radical (unpaired) electrons. The Hall–Kier alpha value is -3.70. The van der Waals surface area contributed by atoms with Crippen LogP contribution in [0.2, 0.25) is 0 Å². The van der Waals surface area contributed by atoms with Gasteiger partial charge in [-0.2, -0.15) is 0 Å². The van der Waals surface area contributed by atoms with Gasteiger partial charge in [-0.05, 0) is 42.5 Å². The SMILES string of the molecule is CCCCn1cnc(C[C@H](CCCNC(c2ccccc2)(c2ccccc2)c2ccccc2)C(=O)O)c1. The highest BCUT2D eigenvalue weighted by molar-refractivity contribution is 5.70. The highest BCUT2D eigenvalue weighted by Crippen LogP contribution is 2.36. The Bertz CT molecular complexity index is 1130. The van der Waals surface area contributed by atoms with Crippen molar-refractivity contribution in [2.45, 2.75) is 51.1 Å². The van der Waals surface area contributed by atoms with Gasteiger partial charge in [0.15, 0.2) is 0 Å². The third-order valence-electron chi connectivity index (χ3n) is 7.00. The summed E-state index contributed by atoms with van der Waals surface area (Å²) in [4.78, 5) is 16.5. The molecular formula is C32H37N3O2. The number of imidazole rings is 1. The van der Waals surface area contributed by atoms with Crippen LogP contribution in [0.1, 0.15) is 55.0 Å². The van der Waals surface area contributed by atoms with E-state index in [9.17, 15) is 9.90 Å². The normalized spacial score (nSPS) is 12.4. The molecule has 3 aromatic carbocycles. The third kappa shape index (κ3) is 6.55. The first kappa shape index (κ1) is 26.4. The van der Waals surface area contributed by atoms with Crippen LogP contribution in [0.5, 0.6) is 0 Å². The van der Waals surface area contributed by atoms with Crippen molar-refractivity contribution in [1.82, 2.24) is 14.9 Å². The molecule has 0 saturated heterocycles. The van der Waals surface area contributed by atoms with E-state index in [4.69, 9.17) is 0 Å². The number of carbonyl (C=O) groups is 1. The number of nitrogens with zero attached hydrogens (tertiary/aromatic N) is 2. The summed E-state index contributed by atoms with van der Waals surface area (Å²) >= 11 is 0. The molecule has 0 spiro atoms. The van der Waals surface area contributed by atoms with Gasteiger partial charge in [0.1, 0.15) is 0 Å². The zero-order chi connectivity index (χ0) is 25.9. The van der Waals surface area contributed by atoms with Crippen molar-refractivity contribution in [3.05, 3.63) is 126 Å². The van der Waals surface area contributed by atoms with E-state index in [2.05, 4.69) is 94.6 Å². The monoisotopic (exact) mass is 495 g/mol. The number of aromatic nitrogens is 2. The highest BCUT2D eigenvalue weighted by atomic mass is 16.4. The predicted molar refractivity (Wildman–Crippen MR) is 148 cm³/mol. The Morgan fingerprint density at radius 3 is 1.92 bits per heavy atom. The van der Waals surface area contributed by atoms with E-state index >= 15 is 0 Å². The summed E-state index contributed by atoms with van der Waals surface area (Å²) in [5.74, 6) is -1.22. The van der Waals surface area contributed by atoms with Gasteiger partial charge >= 0.3 is 5.97 Å². The van der Waals surface area contributed by atoms with Gasteiger partial charge in [-0.15, -0.1) is 0 Å². The van der Waals surface area contributed by atoms with Crippen molar-refractivity contribution in [3.8, 4) is 0 Å². The molecule has 4 aromatic rings. The predicted octanol–water partition coefficient (Wildman–Crippen LogP) is 6.29. The Morgan fingerprint density at radius 2 is 1.43 bits per heavy atom. The third-order valence-corrected chi connectivity index (χ3v) is 7.00. The number of aryl methyl sites for hydroxylation is 1. The average molecular weight is 496 g/mol. The van der Waals surface area contributed by atoms with Gasteiger partial charge in [0.05, 0.1) is 23.5 Å². The van der Waals surface area contributed by atoms with Gasteiger partial charge in [-0.25, -0.2) is 4.98 Å². The number of nitrogens with one attached hydrogen (secondary N) is 1. The standard InChI is InChI=1S/C32H37N3O2/c1-2-3-22-35-24-30(33-25-35)23-26(31(36)37)14-13-21-34-32(27-15-7-4-8-16-27,28-17-9-5-10-18-28)29-19-11-6-12-20-29/h4-12,15-20,24-26,34H,2-3,13-14,21-23H2,1H3,(H,36,37)/t26-/m0/s1. The lowest BCUT2D eigenvalue weighted by Gasteiger charge is -2.37. The smallest absolute Gasteiger partial charge is 0.306 e. The van der Waals surface area contributed by atoms with E-state index in [0.29, 0.717) is 19.4 Å². The minimum absolute atomic E-state index is 0.454. The molecule has 2 N–H and O–H groups in total. The summed E-state index contributed by atoms with van der Waals surface area (Å²) < 4.78 is 2.06. The van der Waals surface area contributed by atoms with Crippen molar-refractivity contribution in [1.29, 1.82) is 0 Å². The summed E-state index contributed by atoms with van der Waals surface area (Å²) in [5, 5.41) is 13.8. The van der Waals surface area contributed by atoms with E-state index in [1.165, 1.54) is 0 Å². The fourth-order valence-corrected chi connectivity index (χ4v) is 5.04. The molecule has 1 atom stereocenters. The lowest BCUT2D eigenvalue weighted by molar-refractivity contribution is -0.142. The minimum Gasteiger partial charge on any atom is -0.481 e. The molecule has 1 heterocycles. The van der Waals surface area contributed by atoms with Crippen molar-refractivity contribution in [2.24, 2.45) is 5.92 Å². The zero-order valence-corrected chi connectivity index (χ0v) is 21.6. The fourth-order valence-electron chi connectivity index (χ4n) is 5.04. The molecule has 1 aromatic heterocycles. The molecule has 5 heteroatoms. The number of benzene rings is 3. The van der Waals surface area contributed by atoms with Crippen LogP contribution >= 0.6 is 0 Å². The van der Waals surface area contributed by atoms with Gasteiger partial charge in [-0.3, -0.25) is 10.1 Å². The van der Waals surface area contributed by atoms with Crippen molar-refractivity contribution < 1.29 is 9.90 Å². The Labute approximate surface area is 220 Å². The topological polar surface area (TPSA) is 67.2 Å². The number of carboxylic acid groups (broad SMARTS) is 1. The molecular weight excluding hydrogens is 458 g/mol. The van der Waals surface area contributed by atoms with Crippen molar-refractivity contribution in [2.75, 3.05) is 6.54 Å². The second-order valence-electron chi connectivity index (χ2n) is 9.61. The summed E-state index contributed by atoms with van der Waals surface area (Å²) in [6.07, 6.45) is 7.80. The number of hydrogen-bond acceptors (Lipinski definition) is 3. The van der Waals surface area contributed by atoms with Crippen LogP contribution in [0.3, 0.4) is 0 Å². The molecule has 0 aliphatic rings. The summed E-state index contributed by atoms with van der Waals surface area (Å²) in [5.41, 5.74) is 3.77. The van der Waals surface area contributed by atoms with E-state index in [1.807, 2.05) is 30.7 Å². The number of hydrogen-bond donors (Lipinski definition) is 2. The second-order valence-corrected chi connectivity index (χ2v) is 9.61. The number of carboxylic acids is 1. The Morgan fingerprint density at radius 1 is 0.892 bits per heavy atom. The van der Waals surface area contributed by atoms with Crippen LogP contribution in [-0.2, 0) is 23.3 Å². The first-order valence-corrected chi connectivity index (χ1v) is 13.3. The first-order valence-electron chi connectivity index (χ1n) is 13.3. The molecule has 37 heavy (non-hydrogen) atoms. The largest absolute Gasteiger partial charge is 0.481 e. The molecule has 0 bridgehead atoms. The first-order chi connectivity index (χ1) is 18.1. The lowest BCUT2D eigenvalue weighted by atomic mass is 9.77. The minimum atomic E-state index is -0.761. The maximum absolute atomic E-state index is 12.1. The summed E-state index contributed by atoms with van der Waals surface area (Å²) in [6, 6.07) is 31.4. The highest BCUT2D eigenvalue weighted by Gasteiger charge is 2.35. The van der Waals surface area contributed by atoms with Crippen LogP contribution in [0.25, 0.3) is 0 Å². The summed E-state index contributed by atoms with van der Waals surface area (Å²) in [6.45, 7) is 3.76. The Balaban J connectivity index is 1.52. The average Bonchev–Trinajstić information content (AvgIpc) is 3.40. The van der Waals surface area contributed by atoms with Crippen LogP contribution in [0.15, 0.2) is 104 Å². The molecule has 0 amide bonds. The second kappa shape index (κ2) is 13.0. The van der Waals surface area contributed by atoms with Crippen LogP contribution in [0.4, 0.5) is 0 Å². The van der Waals surface area contributed by atoms with Gasteiger partial charge in [0.2, 0.25) is 0 Å². The molecule has 5 nitrogen and oxygen atoms in total. The molecule has 0 unspecified atom stereocenters. The number of unbranched alkanes of at least 4 members (excludes halogenated alkanes) is 1. The zero-order valence-electron chi connectivity index (χ0n) is 21.6. The maximum Gasteiger partial charge on any atom is 0.306 e. The number of aliphatic carboxylic acids is 1. The quantitative estimate of drug-likeness (QED) is 0.159. The van der Waals surface area contributed by atoms with Crippen molar-refractivity contribution >= 4 is 5.97 Å². The molecule has 0 fully saturated rings. The fraction of sp³-hybridized carbons (Fsp3) is 0.312. The van der Waals surface area contributed by atoms with Gasteiger partial charge in [0.25, 0.3) is 0 Å². The molecule has 0 aliphatic carbocycles. The van der Waals surface area contributed by atoms with E-state index in [1.54, 1.807) is 0 Å². The van der Waals surface area contributed by atoms with E-state index in [-0.39, 0.29) is 0 Å². The lowest BCUT2D eigenvalue weighted by Crippen LogP contribution is -2.45. The molecule has 0 saturated carbocycles. The molecule has 4 rings (SSSR count). The van der Waals surface area contributed by atoms with Crippen LogP contribution < -0.4 is 5.32 Å². The van der Waals surface area contributed by atoms with Crippen LogP contribution in [-0.4, -0.2) is 27.2 Å².